The summed E-state index contributed by atoms with van der Waals surface area (Å²) in [4.78, 5) is 25.2. The van der Waals surface area contributed by atoms with Crippen LogP contribution < -0.4 is 0 Å². The third-order valence-electron chi connectivity index (χ3n) is 5.27. The first-order valence-electron chi connectivity index (χ1n) is 8.27. The highest BCUT2D eigenvalue weighted by Crippen LogP contribution is 2.50. The number of hydrogen-bond acceptors (Lipinski definition) is 3. The second-order valence-electron chi connectivity index (χ2n) is 6.78. The van der Waals surface area contributed by atoms with Gasteiger partial charge in [-0.1, -0.05) is 32.1 Å². The lowest BCUT2D eigenvalue weighted by molar-refractivity contribution is -0.148. The molecule has 3 atom stereocenters. The zero-order chi connectivity index (χ0) is 14.8. The van der Waals surface area contributed by atoms with Gasteiger partial charge in [-0.2, -0.15) is 0 Å². The third kappa shape index (κ3) is 3.57. The molecule has 0 aromatic heterocycles. The van der Waals surface area contributed by atoms with E-state index in [-0.39, 0.29) is 24.3 Å². The Labute approximate surface area is 125 Å². The minimum Gasteiger partial charge on any atom is -0.481 e. The average Bonchev–Trinajstić information content (AvgIpc) is 3.27. The molecule has 3 rings (SSSR count). The highest BCUT2D eigenvalue weighted by molar-refractivity contribution is 5.82. The van der Waals surface area contributed by atoms with Gasteiger partial charge in [0, 0.05) is 19.0 Å². The van der Waals surface area contributed by atoms with Crippen LogP contribution in [0.1, 0.15) is 44.9 Å². The number of carbonyl (C=O) groups is 2. The molecule has 3 fully saturated rings. The number of carbonyl (C=O) groups excluding carboxylic acids is 1. The fraction of sp³-hybridized carbons (Fsp3) is 0.875. The molecular weight excluding hydrogens is 270 g/mol. The molecule has 0 aromatic rings. The molecule has 0 spiro atoms. The lowest BCUT2D eigenvalue weighted by Crippen LogP contribution is -2.47. The number of aliphatic carboxylic acids is 1. The largest absolute Gasteiger partial charge is 0.481 e. The average molecular weight is 295 g/mol. The van der Waals surface area contributed by atoms with Gasteiger partial charge in [0.05, 0.1) is 19.1 Å². The molecule has 3 aliphatic rings. The van der Waals surface area contributed by atoms with E-state index in [0.29, 0.717) is 25.6 Å². The first-order chi connectivity index (χ1) is 10.1. The Balaban J connectivity index is 1.50. The molecule has 21 heavy (non-hydrogen) atoms. The normalized spacial score (nSPS) is 33.7. The van der Waals surface area contributed by atoms with E-state index >= 15 is 0 Å². The van der Waals surface area contributed by atoms with E-state index < -0.39 is 5.97 Å². The first-order valence-corrected chi connectivity index (χ1v) is 8.27. The summed E-state index contributed by atoms with van der Waals surface area (Å²) in [6.07, 6.45) is 7.26. The van der Waals surface area contributed by atoms with Crippen molar-refractivity contribution in [3.63, 3.8) is 0 Å². The number of hydrogen-bond donors (Lipinski definition) is 1. The molecule has 1 heterocycles. The SMILES string of the molecule is O=C(O)C[C@@H]1CN(C(=O)[C@H]2C[C@H]2C2CCCCC2)CCO1. The van der Waals surface area contributed by atoms with Gasteiger partial charge in [-0.3, -0.25) is 9.59 Å². The van der Waals surface area contributed by atoms with E-state index in [1.54, 1.807) is 0 Å². The minimum atomic E-state index is -0.860. The van der Waals surface area contributed by atoms with E-state index in [0.717, 1.165) is 12.3 Å². The molecule has 0 unspecified atom stereocenters. The predicted molar refractivity (Wildman–Crippen MR) is 76.7 cm³/mol. The molecule has 0 aromatic carbocycles. The van der Waals surface area contributed by atoms with Gasteiger partial charge in [0.2, 0.25) is 5.91 Å². The Bertz CT molecular complexity index is 405. The summed E-state index contributed by atoms with van der Waals surface area (Å²) in [7, 11) is 0. The molecule has 5 nitrogen and oxygen atoms in total. The summed E-state index contributed by atoms with van der Waals surface area (Å²) in [5.74, 6) is 0.934. The van der Waals surface area contributed by atoms with Gasteiger partial charge in [-0.05, 0) is 18.3 Å². The molecule has 1 amide bonds. The van der Waals surface area contributed by atoms with Crippen molar-refractivity contribution in [2.45, 2.75) is 51.0 Å². The van der Waals surface area contributed by atoms with Crippen molar-refractivity contribution in [2.75, 3.05) is 19.7 Å². The molecule has 2 aliphatic carbocycles. The van der Waals surface area contributed by atoms with Gasteiger partial charge in [-0.15, -0.1) is 0 Å². The first kappa shape index (κ1) is 14.8. The number of carboxylic acids is 1. The summed E-state index contributed by atoms with van der Waals surface area (Å²) in [6.45, 7) is 1.52. The fourth-order valence-corrected chi connectivity index (χ4v) is 4.05. The van der Waals surface area contributed by atoms with Gasteiger partial charge in [0.25, 0.3) is 0 Å². The second kappa shape index (κ2) is 6.34. The summed E-state index contributed by atoms with van der Waals surface area (Å²) in [5, 5.41) is 8.84. The Kier molecular flexibility index (Phi) is 4.48. The maximum atomic E-state index is 12.6. The third-order valence-corrected chi connectivity index (χ3v) is 5.27. The molecule has 2 saturated carbocycles. The number of carboxylic acid groups (broad SMARTS) is 1. The van der Waals surface area contributed by atoms with Crippen LogP contribution in [0, 0.1) is 17.8 Å². The number of ether oxygens (including phenoxy) is 1. The predicted octanol–water partition coefficient (Wildman–Crippen LogP) is 1.90. The van der Waals surface area contributed by atoms with Crippen LogP contribution in [0.3, 0.4) is 0 Å². The van der Waals surface area contributed by atoms with Crippen molar-refractivity contribution in [2.24, 2.45) is 17.8 Å². The quantitative estimate of drug-likeness (QED) is 0.860. The van der Waals surface area contributed by atoms with Gasteiger partial charge in [-0.25, -0.2) is 0 Å². The van der Waals surface area contributed by atoms with E-state index in [9.17, 15) is 9.59 Å². The standard InChI is InChI=1S/C16H25NO4/c18-15(19)8-12-10-17(6-7-21-12)16(20)14-9-13(14)11-4-2-1-3-5-11/h11-14H,1-10H2,(H,18,19)/t12-,13+,14+/m1/s1. The van der Waals surface area contributed by atoms with Crippen LogP contribution in [-0.2, 0) is 14.3 Å². The van der Waals surface area contributed by atoms with E-state index in [4.69, 9.17) is 9.84 Å². The smallest absolute Gasteiger partial charge is 0.306 e. The van der Waals surface area contributed by atoms with Gasteiger partial charge >= 0.3 is 5.97 Å². The van der Waals surface area contributed by atoms with E-state index in [1.165, 1.54) is 32.1 Å². The molecule has 1 N–H and O–H groups in total. The Morgan fingerprint density at radius 2 is 1.95 bits per heavy atom. The molecule has 5 heteroatoms. The van der Waals surface area contributed by atoms with E-state index in [1.807, 2.05) is 4.90 Å². The maximum absolute atomic E-state index is 12.6. The second-order valence-corrected chi connectivity index (χ2v) is 6.78. The monoisotopic (exact) mass is 295 g/mol. The Morgan fingerprint density at radius 3 is 2.67 bits per heavy atom. The Hall–Kier alpha value is -1.10. The number of amides is 1. The highest BCUT2D eigenvalue weighted by atomic mass is 16.5. The van der Waals surface area contributed by atoms with Crippen molar-refractivity contribution >= 4 is 11.9 Å². The van der Waals surface area contributed by atoms with Crippen LogP contribution in [0.25, 0.3) is 0 Å². The van der Waals surface area contributed by atoms with Crippen molar-refractivity contribution in [1.29, 1.82) is 0 Å². The van der Waals surface area contributed by atoms with Gasteiger partial charge in [0.15, 0.2) is 0 Å². The van der Waals surface area contributed by atoms with Crippen LogP contribution in [0.4, 0.5) is 0 Å². The number of nitrogens with zero attached hydrogens (tertiary/aromatic N) is 1. The van der Waals surface area contributed by atoms with Gasteiger partial charge < -0.3 is 14.7 Å². The van der Waals surface area contributed by atoms with E-state index in [2.05, 4.69) is 0 Å². The summed E-state index contributed by atoms with van der Waals surface area (Å²) in [6, 6.07) is 0. The number of rotatable bonds is 4. The lowest BCUT2D eigenvalue weighted by Gasteiger charge is -2.33. The lowest BCUT2D eigenvalue weighted by atomic mass is 9.85. The topological polar surface area (TPSA) is 66.8 Å². The molecule has 0 radical (unpaired) electrons. The van der Waals surface area contributed by atoms with Crippen LogP contribution >= 0.6 is 0 Å². The van der Waals surface area contributed by atoms with Crippen molar-refractivity contribution in [3.8, 4) is 0 Å². The highest BCUT2D eigenvalue weighted by Gasteiger charge is 2.49. The molecule has 0 bridgehead atoms. The number of morpholine rings is 1. The van der Waals surface area contributed by atoms with Crippen LogP contribution in [0.5, 0.6) is 0 Å². The molecular formula is C16H25NO4. The van der Waals surface area contributed by atoms with Gasteiger partial charge in [0.1, 0.15) is 0 Å². The summed E-state index contributed by atoms with van der Waals surface area (Å²) < 4.78 is 5.44. The van der Waals surface area contributed by atoms with Crippen molar-refractivity contribution in [3.05, 3.63) is 0 Å². The zero-order valence-corrected chi connectivity index (χ0v) is 12.5. The van der Waals surface area contributed by atoms with Crippen LogP contribution in [0.2, 0.25) is 0 Å². The summed E-state index contributed by atoms with van der Waals surface area (Å²) >= 11 is 0. The molecule has 1 aliphatic heterocycles. The Morgan fingerprint density at radius 1 is 1.19 bits per heavy atom. The zero-order valence-electron chi connectivity index (χ0n) is 12.5. The van der Waals surface area contributed by atoms with Crippen LogP contribution in [-0.4, -0.2) is 47.7 Å². The van der Waals surface area contributed by atoms with Crippen molar-refractivity contribution < 1.29 is 19.4 Å². The minimum absolute atomic E-state index is 0.0134. The molecule has 118 valence electrons. The van der Waals surface area contributed by atoms with Crippen LogP contribution in [0.15, 0.2) is 0 Å². The fourth-order valence-electron chi connectivity index (χ4n) is 4.05. The summed E-state index contributed by atoms with van der Waals surface area (Å²) in [5.41, 5.74) is 0. The molecule has 1 saturated heterocycles. The van der Waals surface area contributed by atoms with Crippen molar-refractivity contribution in [1.82, 2.24) is 4.90 Å². The maximum Gasteiger partial charge on any atom is 0.306 e.